The van der Waals surface area contributed by atoms with Gasteiger partial charge in [0.1, 0.15) is 11.8 Å². The third-order valence-corrected chi connectivity index (χ3v) is 7.45. The van der Waals surface area contributed by atoms with Crippen LogP contribution in [0.1, 0.15) is 29.2 Å². The van der Waals surface area contributed by atoms with Crippen molar-refractivity contribution in [3.8, 4) is 5.75 Å². The fraction of sp³-hybridized carbons (Fsp3) is 0.310. The van der Waals surface area contributed by atoms with Crippen molar-refractivity contribution in [1.82, 2.24) is 14.5 Å². The van der Waals surface area contributed by atoms with Crippen molar-refractivity contribution < 1.29 is 22.7 Å². The number of carbonyl (C=O) groups is 2. The lowest BCUT2D eigenvalue weighted by Crippen LogP contribution is -2.50. The summed E-state index contributed by atoms with van der Waals surface area (Å²) in [5.74, 6) is -0.136. The van der Waals surface area contributed by atoms with Gasteiger partial charge in [-0.2, -0.15) is 4.31 Å². The first-order chi connectivity index (χ1) is 18.1. The lowest BCUT2D eigenvalue weighted by molar-refractivity contribution is -0.140. The molecule has 1 unspecified atom stereocenters. The van der Waals surface area contributed by atoms with Gasteiger partial charge in [-0.15, -0.1) is 0 Å². The number of hydrogen-bond acceptors (Lipinski definition) is 5. The number of carbonyl (C=O) groups excluding carboxylic acids is 2. The molecule has 8 nitrogen and oxygen atoms in total. The Bertz CT molecular complexity index is 1310. The van der Waals surface area contributed by atoms with Gasteiger partial charge in [-0.3, -0.25) is 9.59 Å². The van der Waals surface area contributed by atoms with Gasteiger partial charge in [0.05, 0.1) is 19.9 Å². The van der Waals surface area contributed by atoms with Crippen molar-refractivity contribution in [3.05, 3.63) is 101 Å². The molecule has 0 aromatic heterocycles. The molecule has 0 heterocycles. The predicted octanol–water partition coefficient (Wildman–Crippen LogP) is 3.50. The number of hydrogen-bond donors (Lipinski definition) is 1. The first-order valence-corrected chi connectivity index (χ1v) is 14.2. The van der Waals surface area contributed by atoms with Crippen LogP contribution in [0.3, 0.4) is 0 Å². The van der Waals surface area contributed by atoms with Crippen LogP contribution >= 0.6 is 0 Å². The summed E-state index contributed by atoms with van der Waals surface area (Å²) < 4.78 is 31.5. The summed E-state index contributed by atoms with van der Waals surface area (Å²) in [6, 6.07) is 23.2. The van der Waals surface area contributed by atoms with Crippen molar-refractivity contribution in [2.45, 2.75) is 39.5 Å². The van der Waals surface area contributed by atoms with Crippen LogP contribution in [0, 0.1) is 6.92 Å². The molecular formula is C29H35N3O5S. The molecule has 202 valence electrons. The maximum atomic E-state index is 13.6. The molecule has 0 spiro atoms. The average Bonchev–Trinajstić information content (AvgIpc) is 2.90. The quantitative estimate of drug-likeness (QED) is 0.382. The molecule has 0 radical (unpaired) electrons. The molecule has 0 aliphatic carbocycles. The van der Waals surface area contributed by atoms with Crippen LogP contribution in [0.15, 0.2) is 78.9 Å². The Balaban J connectivity index is 1.81. The third-order valence-electron chi connectivity index (χ3n) is 6.25. The van der Waals surface area contributed by atoms with Crippen LogP contribution in [0.2, 0.25) is 0 Å². The highest BCUT2D eigenvalue weighted by atomic mass is 32.2. The summed E-state index contributed by atoms with van der Waals surface area (Å²) in [6.45, 7) is 3.75. The van der Waals surface area contributed by atoms with E-state index in [2.05, 4.69) is 5.32 Å². The van der Waals surface area contributed by atoms with Gasteiger partial charge in [-0.05, 0) is 42.7 Å². The van der Waals surface area contributed by atoms with Gasteiger partial charge >= 0.3 is 0 Å². The summed E-state index contributed by atoms with van der Waals surface area (Å²) in [7, 11) is -2.13. The number of methoxy groups -OCH3 is 1. The van der Waals surface area contributed by atoms with E-state index < -0.39 is 22.0 Å². The highest BCUT2D eigenvalue weighted by Crippen LogP contribution is 2.17. The molecule has 3 aromatic carbocycles. The van der Waals surface area contributed by atoms with E-state index in [1.807, 2.05) is 61.5 Å². The molecule has 0 saturated carbocycles. The first-order valence-electron chi connectivity index (χ1n) is 12.3. The van der Waals surface area contributed by atoms with Gasteiger partial charge < -0.3 is 15.0 Å². The Hall–Kier alpha value is -3.69. The third kappa shape index (κ3) is 8.43. The molecule has 38 heavy (non-hydrogen) atoms. The van der Waals surface area contributed by atoms with Crippen LogP contribution in [-0.4, -0.2) is 55.4 Å². The van der Waals surface area contributed by atoms with Gasteiger partial charge in [0.25, 0.3) is 0 Å². The van der Waals surface area contributed by atoms with Gasteiger partial charge in [-0.25, -0.2) is 8.42 Å². The summed E-state index contributed by atoms with van der Waals surface area (Å²) in [5.41, 5.74) is 3.61. The maximum Gasteiger partial charge on any atom is 0.242 e. The second-order valence-electron chi connectivity index (χ2n) is 9.27. The topological polar surface area (TPSA) is 96.0 Å². The Kier molecular flexibility index (Phi) is 10.0. The molecule has 1 atom stereocenters. The van der Waals surface area contributed by atoms with E-state index in [0.717, 1.165) is 32.8 Å². The highest BCUT2D eigenvalue weighted by molar-refractivity contribution is 7.88. The van der Waals surface area contributed by atoms with Crippen LogP contribution in [0.25, 0.3) is 0 Å². The molecule has 0 aliphatic heterocycles. The van der Waals surface area contributed by atoms with Gasteiger partial charge in [-0.1, -0.05) is 72.3 Å². The Morgan fingerprint density at radius 3 is 2.03 bits per heavy atom. The van der Waals surface area contributed by atoms with Gasteiger partial charge in [0, 0.05) is 19.6 Å². The number of aryl methyl sites for hydroxylation is 1. The second kappa shape index (κ2) is 13.2. The minimum atomic E-state index is -3.70. The lowest BCUT2D eigenvalue weighted by atomic mass is 10.1. The number of rotatable bonds is 12. The monoisotopic (exact) mass is 537 g/mol. The van der Waals surface area contributed by atoms with Crippen molar-refractivity contribution in [3.63, 3.8) is 0 Å². The van der Waals surface area contributed by atoms with Crippen LogP contribution in [-0.2, 0) is 39.2 Å². The minimum Gasteiger partial charge on any atom is -0.497 e. The van der Waals surface area contributed by atoms with E-state index in [1.165, 1.54) is 4.90 Å². The van der Waals surface area contributed by atoms with Crippen LogP contribution in [0.5, 0.6) is 5.75 Å². The number of benzene rings is 3. The molecule has 3 rings (SSSR count). The van der Waals surface area contributed by atoms with Crippen molar-refractivity contribution in [2.75, 3.05) is 19.9 Å². The zero-order chi connectivity index (χ0) is 27.7. The van der Waals surface area contributed by atoms with Crippen LogP contribution < -0.4 is 10.1 Å². The average molecular weight is 538 g/mol. The Morgan fingerprint density at radius 1 is 0.868 bits per heavy atom. The lowest BCUT2D eigenvalue weighted by Gasteiger charge is -2.31. The molecule has 0 fully saturated rings. The number of ether oxygens (including phenoxy) is 1. The molecule has 9 heteroatoms. The van der Waals surface area contributed by atoms with E-state index in [0.29, 0.717) is 12.3 Å². The molecule has 0 saturated heterocycles. The largest absolute Gasteiger partial charge is 0.497 e. The zero-order valence-corrected chi connectivity index (χ0v) is 23.1. The Morgan fingerprint density at radius 2 is 1.45 bits per heavy atom. The maximum absolute atomic E-state index is 13.6. The predicted molar refractivity (Wildman–Crippen MR) is 148 cm³/mol. The van der Waals surface area contributed by atoms with Gasteiger partial charge in [0.2, 0.25) is 21.8 Å². The standard InChI is InChI=1S/C29H35N3O5S/c1-22-10-12-24(13-11-22)18-30-29(34)23(2)32(20-26-14-16-27(37-3)17-15-26)28(33)21-31(38(4,35)36)19-25-8-6-5-7-9-25/h5-17,23H,18-21H2,1-4H3,(H,30,34). The molecular weight excluding hydrogens is 502 g/mol. The number of nitrogens with one attached hydrogen (secondary N) is 1. The van der Waals surface area contributed by atoms with Crippen LogP contribution in [0.4, 0.5) is 0 Å². The van der Waals surface area contributed by atoms with E-state index in [9.17, 15) is 18.0 Å². The molecule has 0 aliphatic rings. The van der Waals surface area contributed by atoms with E-state index in [-0.39, 0.29) is 25.5 Å². The Labute approximate surface area is 225 Å². The minimum absolute atomic E-state index is 0.0514. The van der Waals surface area contributed by atoms with Crippen molar-refractivity contribution >= 4 is 21.8 Å². The molecule has 3 aromatic rings. The molecule has 2 amide bonds. The summed E-state index contributed by atoms with van der Waals surface area (Å²) in [5, 5.41) is 2.90. The number of amides is 2. The number of sulfonamides is 1. The SMILES string of the molecule is COc1ccc(CN(C(=O)CN(Cc2ccccc2)S(C)(=O)=O)C(C)C(=O)NCc2ccc(C)cc2)cc1. The van der Waals surface area contributed by atoms with E-state index in [4.69, 9.17) is 4.74 Å². The fourth-order valence-electron chi connectivity index (χ4n) is 3.87. The van der Waals surface area contributed by atoms with Crippen molar-refractivity contribution in [1.29, 1.82) is 0 Å². The van der Waals surface area contributed by atoms with Gasteiger partial charge in [0.15, 0.2) is 0 Å². The summed E-state index contributed by atoms with van der Waals surface area (Å²) in [6.07, 6.45) is 1.08. The van der Waals surface area contributed by atoms with E-state index >= 15 is 0 Å². The molecule has 1 N–H and O–H groups in total. The zero-order valence-electron chi connectivity index (χ0n) is 22.3. The van der Waals surface area contributed by atoms with E-state index in [1.54, 1.807) is 38.3 Å². The smallest absolute Gasteiger partial charge is 0.242 e. The highest BCUT2D eigenvalue weighted by Gasteiger charge is 2.30. The first kappa shape index (κ1) is 28.9. The second-order valence-corrected chi connectivity index (χ2v) is 11.2. The number of nitrogens with zero attached hydrogens (tertiary/aromatic N) is 2. The molecule has 0 bridgehead atoms. The van der Waals surface area contributed by atoms with Crippen molar-refractivity contribution in [2.24, 2.45) is 0 Å². The fourth-order valence-corrected chi connectivity index (χ4v) is 4.60. The summed E-state index contributed by atoms with van der Waals surface area (Å²) in [4.78, 5) is 28.1. The summed E-state index contributed by atoms with van der Waals surface area (Å²) >= 11 is 0. The normalized spacial score (nSPS) is 12.1.